The zero-order chi connectivity index (χ0) is 11.1. The number of likely N-dealkylation sites (N-methyl/N-ethyl adjacent to an activating group) is 1. The lowest BCUT2D eigenvalue weighted by Crippen LogP contribution is -2.45. The van der Waals surface area contributed by atoms with Gasteiger partial charge in [-0.2, -0.15) is 0 Å². The zero-order valence-corrected chi connectivity index (χ0v) is 9.71. The maximum Gasteiger partial charge on any atom is 0.236 e. The molecule has 0 rings (SSSR count). The lowest BCUT2D eigenvalue weighted by molar-refractivity contribution is -0.122. The van der Waals surface area contributed by atoms with Crippen molar-refractivity contribution in [2.75, 3.05) is 20.6 Å². The highest BCUT2D eigenvalue weighted by Gasteiger charge is 2.13. The van der Waals surface area contributed by atoms with E-state index in [-0.39, 0.29) is 11.9 Å². The molecule has 0 radical (unpaired) electrons. The Bertz CT molecular complexity index is 171. The molecule has 0 aliphatic heterocycles. The number of carbonyl (C=O) groups is 1. The summed E-state index contributed by atoms with van der Waals surface area (Å²) in [5.74, 6) is -0.0412. The molecule has 84 valence electrons. The van der Waals surface area contributed by atoms with Crippen LogP contribution in [0.5, 0.6) is 0 Å². The fourth-order valence-corrected chi connectivity index (χ4v) is 1.00. The van der Waals surface area contributed by atoms with Crippen LogP contribution < -0.4 is 11.1 Å². The normalized spacial score (nSPS) is 15.3. The molecular formula is C10H23N3O. The summed E-state index contributed by atoms with van der Waals surface area (Å²) in [6.45, 7) is 4.74. The summed E-state index contributed by atoms with van der Waals surface area (Å²) >= 11 is 0. The molecule has 1 amide bonds. The van der Waals surface area contributed by atoms with Gasteiger partial charge in [0.1, 0.15) is 0 Å². The van der Waals surface area contributed by atoms with Crippen LogP contribution in [0.25, 0.3) is 0 Å². The second kappa shape index (κ2) is 6.79. The molecule has 0 heterocycles. The number of hydrogen-bond acceptors (Lipinski definition) is 3. The molecule has 4 nitrogen and oxygen atoms in total. The van der Waals surface area contributed by atoms with Gasteiger partial charge in [0, 0.05) is 12.6 Å². The quantitative estimate of drug-likeness (QED) is 0.644. The minimum Gasteiger partial charge on any atom is -0.353 e. The maximum absolute atomic E-state index is 11.4. The van der Waals surface area contributed by atoms with Gasteiger partial charge in [0.05, 0.1) is 6.04 Å². The minimum absolute atomic E-state index is 0.0412. The Morgan fingerprint density at radius 2 is 2.07 bits per heavy atom. The number of rotatable bonds is 6. The summed E-state index contributed by atoms with van der Waals surface area (Å²) < 4.78 is 0. The van der Waals surface area contributed by atoms with Crippen LogP contribution in [0.15, 0.2) is 0 Å². The van der Waals surface area contributed by atoms with E-state index in [4.69, 9.17) is 5.73 Å². The number of nitrogens with one attached hydrogen (secondary N) is 1. The average Bonchev–Trinajstić information content (AvgIpc) is 2.13. The third kappa shape index (κ3) is 5.19. The molecule has 2 atom stereocenters. The van der Waals surface area contributed by atoms with E-state index in [0.29, 0.717) is 12.6 Å². The average molecular weight is 201 g/mol. The molecule has 0 saturated carbocycles. The van der Waals surface area contributed by atoms with Gasteiger partial charge in [-0.25, -0.2) is 0 Å². The van der Waals surface area contributed by atoms with Crippen molar-refractivity contribution in [3.05, 3.63) is 0 Å². The molecule has 2 unspecified atom stereocenters. The van der Waals surface area contributed by atoms with Crippen LogP contribution in [0.3, 0.4) is 0 Å². The van der Waals surface area contributed by atoms with E-state index in [0.717, 1.165) is 12.8 Å². The van der Waals surface area contributed by atoms with E-state index in [1.54, 1.807) is 0 Å². The molecule has 0 aliphatic carbocycles. The summed E-state index contributed by atoms with van der Waals surface area (Å²) in [5, 5.41) is 2.84. The van der Waals surface area contributed by atoms with Crippen molar-refractivity contribution in [3.8, 4) is 0 Å². The van der Waals surface area contributed by atoms with Gasteiger partial charge in [0.25, 0.3) is 0 Å². The Morgan fingerprint density at radius 3 is 2.50 bits per heavy atom. The van der Waals surface area contributed by atoms with Gasteiger partial charge in [0.15, 0.2) is 0 Å². The summed E-state index contributed by atoms with van der Waals surface area (Å²) in [6, 6.07) is -0.0119. The molecule has 0 bridgehead atoms. The van der Waals surface area contributed by atoms with E-state index in [9.17, 15) is 4.79 Å². The van der Waals surface area contributed by atoms with E-state index in [1.165, 1.54) is 0 Å². The molecule has 0 aliphatic rings. The molecule has 0 saturated heterocycles. The molecule has 0 fully saturated rings. The summed E-state index contributed by atoms with van der Waals surface area (Å²) in [7, 11) is 3.98. The fraction of sp³-hybridized carbons (Fsp3) is 0.900. The third-order valence-electron chi connectivity index (χ3n) is 2.39. The molecule has 4 heteroatoms. The fourth-order valence-electron chi connectivity index (χ4n) is 1.00. The first-order valence-electron chi connectivity index (χ1n) is 5.18. The lowest BCUT2D eigenvalue weighted by atomic mass is 10.1. The highest BCUT2D eigenvalue weighted by Crippen LogP contribution is 1.94. The van der Waals surface area contributed by atoms with Crippen LogP contribution in [0.4, 0.5) is 0 Å². The molecule has 0 aromatic carbocycles. The first-order chi connectivity index (χ1) is 6.49. The van der Waals surface area contributed by atoms with Gasteiger partial charge in [-0.05, 0) is 27.4 Å². The Kier molecular flexibility index (Phi) is 6.49. The van der Waals surface area contributed by atoms with Gasteiger partial charge in [-0.1, -0.05) is 13.3 Å². The van der Waals surface area contributed by atoms with Crippen LogP contribution in [0.1, 0.15) is 26.7 Å². The van der Waals surface area contributed by atoms with Gasteiger partial charge < -0.3 is 16.0 Å². The van der Waals surface area contributed by atoms with E-state index in [1.807, 2.05) is 21.0 Å². The highest BCUT2D eigenvalue weighted by atomic mass is 16.2. The van der Waals surface area contributed by atoms with E-state index in [2.05, 4.69) is 17.1 Å². The van der Waals surface area contributed by atoms with Crippen LogP contribution >= 0.6 is 0 Å². The summed E-state index contributed by atoms with van der Waals surface area (Å²) in [4.78, 5) is 13.5. The van der Waals surface area contributed by atoms with Crippen molar-refractivity contribution in [1.82, 2.24) is 10.2 Å². The van der Waals surface area contributed by atoms with Crippen LogP contribution in [-0.4, -0.2) is 43.5 Å². The van der Waals surface area contributed by atoms with Crippen molar-refractivity contribution < 1.29 is 4.79 Å². The Balaban J connectivity index is 3.73. The van der Waals surface area contributed by atoms with Gasteiger partial charge >= 0.3 is 0 Å². The van der Waals surface area contributed by atoms with Crippen molar-refractivity contribution in [2.45, 2.75) is 38.8 Å². The predicted molar refractivity (Wildman–Crippen MR) is 59.0 cm³/mol. The molecule has 0 aromatic heterocycles. The van der Waals surface area contributed by atoms with Crippen molar-refractivity contribution in [1.29, 1.82) is 0 Å². The maximum atomic E-state index is 11.4. The molecular weight excluding hydrogens is 178 g/mol. The number of amides is 1. The van der Waals surface area contributed by atoms with Gasteiger partial charge in [-0.3, -0.25) is 4.79 Å². The number of nitrogens with two attached hydrogens (primary N) is 1. The number of nitrogens with zero attached hydrogens (tertiary/aromatic N) is 1. The molecule has 0 spiro atoms. The number of carbonyl (C=O) groups excluding carboxylic acids is 1. The molecule has 3 N–H and O–H groups in total. The summed E-state index contributed by atoms with van der Waals surface area (Å²) in [6.07, 6.45) is 1.69. The van der Waals surface area contributed by atoms with Crippen molar-refractivity contribution in [2.24, 2.45) is 5.73 Å². The van der Waals surface area contributed by atoms with E-state index < -0.39 is 0 Å². The van der Waals surface area contributed by atoms with Crippen LogP contribution in [0, 0.1) is 0 Å². The number of hydrogen-bond donors (Lipinski definition) is 2. The first-order valence-corrected chi connectivity index (χ1v) is 5.18. The van der Waals surface area contributed by atoms with Crippen LogP contribution in [0.2, 0.25) is 0 Å². The Labute approximate surface area is 86.8 Å². The highest BCUT2D eigenvalue weighted by molar-refractivity contribution is 5.81. The minimum atomic E-state index is -0.352. The van der Waals surface area contributed by atoms with E-state index >= 15 is 0 Å². The topological polar surface area (TPSA) is 58.4 Å². The van der Waals surface area contributed by atoms with Gasteiger partial charge in [-0.15, -0.1) is 0 Å². The Morgan fingerprint density at radius 1 is 1.50 bits per heavy atom. The van der Waals surface area contributed by atoms with Crippen LogP contribution in [-0.2, 0) is 4.79 Å². The first kappa shape index (κ1) is 13.4. The lowest BCUT2D eigenvalue weighted by Gasteiger charge is -2.21. The predicted octanol–water partition coefficient (Wildman–Crippen LogP) is 0.180. The van der Waals surface area contributed by atoms with Gasteiger partial charge in [0.2, 0.25) is 5.91 Å². The van der Waals surface area contributed by atoms with Crippen molar-refractivity contribution >= 4 is 5.91 Å². The molecule has 14 heavy (non-hydrogen) atoms. The zero-order valence-electron chi connectivity index (χ0n) is 9.71. The standard InChI is InChI=1S/C10H23N3O/c1-5-6-9(11)10(14)12-7-8(2)13(3)4/h8-9H,5-7,11H2,1-4H3,(H,12,14). The second-order valence-corrected chi connectivity index (χ2v) is 3.95. The summed E-state index contributed by atoms with van der Waals surface area (Å²) in [5.41, 5.74) is 5.66. The second-order valence-electron chi connectivity index (χ2n) is 3.95. The third-order valence-corrected chi connectivity index (χ3v) is 2.39. The van der Waals surface area contributed by atoms with Crippen molar-refractivity contribution in [3.63, 3.8) is 0 Å². The molecule has 0 aromatic rings. The monoisotopic (exact) mass is 201 g/mol. The smallest absolute Gasteiger partial charge is 0.236 e. The largest absolute Gasteiger partial charge is 0.353 e. The SMILES string of the molecule is CCCC(N)C(=O)NCC(C)N(C)C. The Hall–Kier alpha value is -0.610.